The molecule has 0 atom stereocenters. The molecule has 0 amide bonds. The zero-order chi connectivity index (χ0) is 15.9. The van der Waals surface area contributed by atoms with Gasteiger partial charge in [0, 0.05) is 19.5 Å². The summed E-state index contributed by atoms with van der Waals surface area (Å²) in [5.41, 5.74) is 0. The first-order valence-electron chi connectivity index (χ1n) is 9.77. The molecule has 0 bridgehead atoms. The van der Waals surface area contributed by atoms with Gasteiger partial charge in [-0.25, -0.2) is 0 Å². The van der Waals surface area contributed by atoms with Crippen molar-refractivity contribution in [2.75, 3.05) is 26.2 Å². The van der Waals surface area contributed by atoms with Crippen LogP contribution < -0.4 is 0 Å². The average Bonchev–Trinajstić information content (AvgIpc) is 2.96. The topological polar surface area (TPSA) is 35.8 Å². The smallest absolute Gasteiger partial charge is 0.101 e. The van der Waals surface area contributed by atoms with Crippen LogP contribution in [0.4, 0.5) is 0 Å². The zero-order valence-corrected chi connectivity index (χ0v) is 14.9. The molecule has 0 spiro atoms. The van der Waals surface area contributed by atoms with Gasteiger partial charge in [-0.1, -0.05) is 77.6 Å². The van der Waals surface area contributed by atoms with Gasteiger partial charge in [-0.05, 0) is 6.42 Å². The van der Waals surface area contributed by atoms with Gasteiger partial charge in [0.25, 0.3) is 0 Å². The second kappa shape index (κ2) is 14.0. The maximum absolute atomic E-state index is 9.01. The first-order valence-corrected chi connectivity index (χ1v) is 9.77. The highest BCUT2D eigenvalue weighted by Gasteiger charge is 2.14. The Balaban J connectivity index is 1.81. The van der Waals surface area contributed by atoms with Crippen molar-refractivity contribution in [2.24, 2.45) is 4.99 Å². The van der Waals surface area contributed by atoms with Gasteiger partial charge in [-0.15, -0.1) is 0 Å². The van der Waals surface area contributed by atoms with Crippen molar-refractivity contribution < 1.29 is 5.11 Å². The summed E-state index contributed by atoms with van der Waals surface area (Å²) in [5, 5.41) is 9.01. The highest BCUT2D eigenvalue weighted by molar-refractivity contribution is 5.83. The number of rotatable bonds is 15. The molecule has 0 saturated heterocycles. The molecule has 3 heteroatoms. The maximum Gasteiger partial charge on any atom is 0.101 e. The van der Waals surface area contributed by atoms with Gasteiger partial charge in [0.15, 0.2) is 0 Å². The molecule has 0 radical (unpaired) electrons. The largest absolute Gasteiger partial charge is 0.396 e. The fourth-order valence-corrected chi connectivity index (χ4v) is 3.25. The second-order valence-corrected chi connectivity index (χ2v) is 6.65. The van der Waals surface area contributed by atoms with Gasteiger partial charge in [0.1, 0.15) is 5.84 Å². The van der Waals surface area contributed by atoms with Crippen LogP contribution in [-0.4, -0.2) is 42.1 Å². The summed E-state index contributed by atoms with van der Waals surface area (Å²) in [7, 11) is 0. The number of amidine groups is 1. The lowest BCUT2D eigenvalue weighted by Crippen LogP contribution is -2.29. The van der Waals surface area contributed by atoms with Crippen molar-refractivity contribution >= 4 is 5.84 Å². The highest BCUT2D eigenvalue weighted by Crippen LogP contribution is 2.13. The third-order valence-electron chi connectivity index (χ3n) is 4.65. The van der Waals surface area contributed by atoms with E-state index in [1.165, 1.54) is 77.0 Å². The van der Waals surface area contributed by atoms with Crippen molar-refractivity contribution in [2.45, 2.75) is 90.4 Å². The molecular weight excluding hydrogens is 272 g/mol. The van der Waals surface area contributed by atoms with E-state index in [4.69, 9.17) is 5.11 Å². The van der Waals surface area contributed by atoms with Crippen LogP contribution in [0.25, 0.3) is 0 Å². The normalized spacial score (nSPS) is 14.6. The van der Waals surface area contributed by atoms with E-state index >= 15 is 0 Å². The maximum atomic E-state index is 9.01. The number of aliphatic hydroxyl groups is 1. The minimum atomic E-state index is 0.230. The molecule has 0 fully saturated rings. The summed E-state index contributed by atoms with van der Waals surface area (Å²) in [6, 6.07) is 0. The Labute approximate surface area is 138 Å². The number of hydrogen-bond donors (Lipinski definition) is 1. The molecule has 0 unspecified atom stereocenters. The summed E-state index contributed by atoms with van der Waals surface area (Å²) >= 11 is 0. The third kappa shape index (κ3) is 9.45. The fourth-order valence-electron chi connectivity index (χ4n) is 3.25. The zero-order valence-electron chi connectivity index (χ0n) is 14.9. The standard InChI is InChI=1S/C19H38N2O/c1-2-3-4-5-6-7-8-9-10-11-12-13-16-21-17-15-20-19(21)14-18-22/h22H,2-18H2,1H3. The molecule has 1 rings (SSSR count). The van der Waals surface area contributed by atoms with Gasteiger partial charge in [-0.3, -0.25) is 4.99 Å². The van der Waals surface area contributed by atoms with Gasteiger partial charge in [0.05, 0.1) is 13.2 Å². The summed E-state index contributed by atoms with van der Waals surface area (Å²) in [4.78, 5) is 6.83. The van der Waals surface area contributed by atoms with Crippen LogP contribution in [0.15, 0.2) is 4.99 Å². The van der Waals surface area contributed by atoms with E-state index < -0.39 is 0 Å². The summed E-state index contributed by atoms with van der Waals surface area (Å²) in [6.07, 6.45) is 17.6. The van der Waals surface area contributed by atoms with Crippen LogP contribution in [0, 0.1) is 0 Å². The van der Waals surface area contributed by atoms with Crippen molar-refractivity contribution in [3.63, 3.8) is 0 Å². The summed E-state index contributed by atoms with van der Waals surface area (Å²) < 4.78 is 0. The Hall–Kier alpha value is -0.570. The number of hydrogen-bond acceptors (Lipinski definition) is 3. The van der Waals surface area contributed by atoms with Gasteiger partial charge in [-0.2, -0.15) is 0 Å². The van der Waals surface area contributed by atoms with Crippen molar-refractivity contribution in [3.8, 4) is 0 Å². The summed E-state index contributed by atoms with van der Waals surface area (Å²) in [6.45, 7) is 5.63. The van der Waals surface area contributed by atoms with Crippen LogP contribution in [0.2, 0.25) is 0 Å². The number of aliphatic imine (C=N–C) groups is 1. The van der Waals surface area contributed by atoms with E-state index in [1.807, 2.05) is 0 Å². The SMILES string of the molecule is CCCCCCCCCCCCCCN1CCN=C1CCO. The Morgan fingerprint density at radius 1 is 0.864 bits per heavy atom. The predicted molar refractivity (Wildman–Crippen MR) is 96.7 cm³/mol. The third-order valence-corrected chi connectivity index (χ3v) is 4.65. The van der Waals surface area contributed by atoms with Gasteiger partial charge in [0.2, 0.25) is 0 Å². The van der Waals surface area contributed by atoms with E-state index in [1.54, 1.807) is 0 Å². The van der Waals surface area contributed by atoms with E-state index in [-0.39, 0.29) is 6.61 Å². The molecule has 1 aliphatic heterocycles. The van der Waals surface area contributed by atoms with E-state index in [9.17, 15) is 0 Å². The average molecular weight is 311 g/mol. The molecule has 0 aromatic rings. The summed E-state index contributed by atoms with van der Waals surface area (Å²) in [5.74, 6) is 1.13. The lowest BCUT2D eigenvalue weighted by Gasteiger charge is -2.19. The molecule has 0 aromatic carbocycles. The van der Waals surface area contributed by atoms with Crippen molar-refractivity contribution in [1.29, 1.82) is 0 Å². The molecule has 1 aliphatic rings. The number of unbranched alkanes of at least 4 members (excludes halogenated alkanes) is 11. The molecule has 0 aliphatic carbocycles. The molecule has 0 aromatic heterocycles. The number of nitrogens with zero attached hydrogens (tertiary/aromatic N) is 2. The van der Waals surface area contributed by atoms with Crippen molar-refractivity contribution in [1.82, 2.24) is 4.90 Å². The monoisotopic (exact) mass is 310 g/mol. The first-order chi connectivity index (χ1) is 10.9. The lowest BCUT2D eigenvalue weighted by molar-refractivity contribution is 0.300. The Morgan fingerprint density at radius 3 is 1.95 bits per heavy atom. The number of aliphatic hydroxyl groups excluding tert-OH is 1. The lowest BCUT2D eigenvalue weighted by atomic mass is 10.1. The Bertz CT molecular complexity index is 279. The Kier molecular flexibility index (Phi) is 12.4. The predicted octanol–water partition coefficient (Wildman–Crippen LogP) is 4.78. The molecular formula is C19H38N2O. The minimum Gasteiger partial charge on any atom is -0.396 e. The highest BCUT2D eigenvalue weighted by atomic mass is 16.3. The Morgan fingerprint density at radius 2 is 1.41 bits per heavy atom. The molecule has 1 N–H and O–H groups in total. The minimum absolute atomic E-state index is 0.230. The quantitative estimate of drug-likeness (QED) is 0.442. The van der Waals surface area contributed by atoms with Crippen LogP contribution in [0.5, 0.6) is 0 Å². The van der Waals surface area contributed by atoms with Gasteiger partial charge < -0.3 is 10.0 Å². The van der Waals surface area contributed by atoms with Crippen LogP contribution in [-0.2, 0) is 0 Å². The van der Waals surface area contributed by atoms with Crippen LogP contribution in [0.3, 0.4) is 0 Å². The molecule has 3 nitrogen and oxygen atoms in total. The second-order valence-electron chi connectivity index (χ2n) is 6.65. The van der Waals surface area contributed by atoms with E-state index in [0.29, 0.717) is 0 Å². The van der Waals surface area contributed by atoms with Crippen LogP contribution in [0.1, 0.15) is 90.4 Å². The van der Waals surface area contributed by atoms with Gasteiger partial charge >= 0.3 is 0 Å². The van der Waals surface area contributed by atoms with Crippen molar-refractivity contribution in [3.05, 3.63) is 0 Å². The van der Waals surface area contributed by atoms with E-state index in [0.717, 1.165) is 31.9 Å². The van der Waals surface area contributed by atoms with E-state index in [2.05, 4.69) is 16.8 Å². The molecule has 1 heterocycles. The first kappa shape index (κ1) is 19.5. The van der Waals surface area contributed by atoms with Crippen LogP contribution >= 0.6 is 0 Å². The molecule has 0 saturated carbocycles. The fraction of sp³-hybridized carbons (Fsp3) is 0.947. The molecule has 130 valence electrons. The molecule has 22 heavy (non-hydrogen) atoms.